The number of thioether (sulfide) groups is 1. The highest BCUT2D eigenvalue weighted by Gasteiger charge is 2.07. The lowest BCUT2D eigenvalue weighted by atomic mass is 10.3. The molecule has 88 valence electrons. The first kappa shape index (κ1) is 12.0. The Bertz CT molecular complexity index is 504. The number of aromatic nitrogens is 2. The molecule has 0 saturated carbocycles. The van der Waals surface area contributed by atoms with Crippen LogP contribution in [0.15, 0.2) is 34.7 Å². The van der Waals surface area contributed by atoms with E-state index in [1.54, 1.807) is 18.2 Å². The maximum absolute atomic E-state index is 13.2. The summed E-state index contributed by atoms with van der Waals surface area (Å²) in [5.41, 5.74) is 1.53. The summed E-state index contributed by atoms with van der Waals surface area (Å²) >= 11 is 2.38. The van der Waals surface area contributed by atoms with Crippen LogP contribution in [0.4, 0.5) is 9.52 Å². The number of carbonyl (C=O) groups is 1. The molecular formula is C10H8FN3OS2. The van der Waals surface area contributed by atoms with Gasteiger partial charge in [0, 0.05) is 4.90 Å². The maximum atomic E-state index is 13.2. The third kappa shape index (κ3) is 3.50. The van der Waals surface area contributed by atoms with Crippen molar-refractivity contribution in [3.05, 3.63) is 35.6 Å². The molecule has 0 aliphatic rings. The van der Waals surface area contributed by atoms with Crippen molar-refractivity contribution in [1.29, 1.82) is 0 Å². The molecule has 2 aromatic rings. The first-order chi connectivity index (χ1) is 8.25. The lowest BCUT2D eigenvalue weighted by Crippen LogP contribution is -2.13. The standard InChI is InChI=1S/C10H8FN3OS2/c11-7-3-1-2-4-8(7)16-5-9(15)13-10-14-12-6-17-10/h1-4,6H,5H2,(H,13,14,15). The summed E-state index contributed by atoms with van der Waals surface area (Å²) in [5.74, 6) is -0.406. The molecule has 7 heteroatoms. The van der Waals surface area contributed by atoms with Crippen molar-refractivity contribution in [2.24, 2.45) is 0 Å². The third-order valence-electron chi connectivity index (χ3n) is 1.80. The Morgan fingerprint density at radius 2 is 2.29 bits per heavy atom. The second kappa shape index (κ2) is 5.74. The van der Waals surface area contributed by atoms with Crippen LogP contribution < -0.4 is 5.32 Å². The summed E-state index contributed by atoms with van der Waals surface area (Å²) in [4.78, 5) is 11.9. The number of hydrogen-bond donors (Lipinski definition) is 1. The van der Waals surface area contributed by atoms with Crippen LogP contribution in [0, 0.1) is 5.82 Å². The van der Waals surface area contributed by atoms with Crippen LogP contribution in [0.1, 0.15) is 0 Å². The fraction of sp³-hybridized carbons (Fsp3) is 0.100. The second-order valence-corrected chi connectivity index (χ2v) is 4.86. The molecule has 2 rings (SSSR count). The van der Waals surface area contributed by atoms with Crippen molar-refractivity contribution in [2.45, 2.75) is 4.90 Å². The number of nitrogens with one attached hydrogen (secondary N) is 1. The zero-order valence-corrected chi connectivity index (χ0v) is 10.2. The number of anilines is 1. The molecular weight excluding hydrogens is 261 g/mol. The first-order valence-electron chi connectivity index (χ1n) is 4.69. The van der Waals surface area contributed by atoms with Gasteiger partial charge in [-0.25, -0.2) is 4.39 Å². The van der Waals surface area contributed by atoms with Crippen molar-refractivity contribution in [1.82, 2.24) is 10.2 Å². The van der Waals surface area contributed by atoms with Crippen molar-refractivity contribution >= 4 is 34.1 Å². The van der Waals surface area contributed by atoms with E-state index in [9.17, 15) is 9.18 Å². The third-order valence-corrected chi connectivity index (χ3v) is 3.46. The molecule has 0 radical (unpaired) electrons. The Hall–Kier alpha value is -1.47. The van der Waals surface area contributed by atoms with Gasteiger partial charge >= 0.3 is 0 Å². The molecule has 1 heterocycles. The van der Waals surface area contributed by atoms with Crippen molar-refractivity contribution < 1.29 is 9.18 Å². The normalized spacial score (nSPS) is 10.2. The van der Waals surface area contributed by atoms with E-state index in [0.29, 0.717) is 10.0 Å². The van der Waals surface area contributed by atoms with Gasteiger partial charge < -0.3 is 0 Å². The molecule has 0 aliphatic heterocycles. The highest BCUT2D eigenvalue weighted by Crippen LogP contribution is 2.21. The molecule has 0 aliphatic carbocycles. The Balaban J connectivity index is 1.86. The van der Waals surface area contributed by atoms with Crippen LogP contribution in [0.5, 0.6) is 0 Å². The van der Waals surface area contributed by atoms with Gasteiger partial charge in [0.15, 0.2) is 0 Å². The number of nitrogens with zero attached hydrogens (tertiary/aromatic N) is 2. The van der Waals surface area contributed by atoms with E-state index in [-0.39, 0.29) is 17.5 Å². The van der Waals surface area contributed by atoms with Crippen LogP contribution in [0.3, 0.4) is 0 Å². The molecule has 1 aromatic heterocycles. The number of amides is 1. The number of halogens is 1. The average Bonchev–Trinajstić information content (AvgIpc) is 2.81. The van der Waals surface area contributed by atoms with E-state index in [1.165, 1.54) is 22.9 Å². The van der Waals surface area contributed by atoms with Crippen molar-refractivity contribution in [3.8, 4) is 0 Å². The predicted molar refractivity (Wildman–Crippen MR) is 65.7 cm³/mol. The van der Waals surface area contributed by atoms with Gasteiger partial charge in [0.1, 0.15) is 11.3 Å². The van der Waals surface area contributed by atoms with Crippen LogP contribution in [0.25, 0.3) is 0 Å². The molecule has 1 amide bonds. The molecule has 17 heavy (non-hydrogen) atoms. The molecule has 0 fully saturated rings. The monoisotopic (exact) mass is 269 g/mol. The highest BCUT2D eigenvalue weighted by molar-refractivity contribution is 8.00. The van der Waals surface area contributed by atoms with Gasteiger partial charge in [0.2, 0.25) is 11.0 Å². The van der Waals surface area contributed by atoms with Crippen molar-refractivity contribution in [3.63, 3.8) is 0 Å². The van der Waals surface area contributed by atoms with Gasteiger partial charge in [0.05, 0.1) is 5.75 Å². The fourth-order valence-electron chi connectivity index (χ4n) is 1.09. The van der Waals surface area contributed by atoms with Gasteiger partial charge in [-0.1, -0.05) is 23.5 Å². The zero-order chi connectivity index (χ0) is 12.1. The molecule has 0 atom stereocenters. The summed E-state index contributed by atoms with van der Waals surface area (Å²) in [7, 11) is 0. The maximum Gasteiger partial charge on any atom is 0.236 e. The summed E-state index contributed by atoms with van der Waals surface area (Å²) in [6.45, 7) is 0. The van der Waals surface area contributed by atoms with E-state index >= 15 is 0 Å². The number of carbonyl (C=O) groups excluding carboxylic acids is 1. The SMILES string of the molecule is O=C(CSc1ccccc1F)Nc1nncs1. The minimum Gasteiger partial charge on any atom is -0.300 e. The first-order valence-corrected chi connectivity index (χ1v) is 6.55. The van der Waals surface area contributed by atoms with E-state index < -0.39 is 0 Å². The Morgan fingerprint density at radius 3 is 3.00 bits per heavy atom. The number of benzene rings is 1. The predicted octanol–water partition coefficient (Wildman–Crippen LogP) is 2.41. The summed E-state index contributed by atoms with van der Waals surface area (Å²) in [6.07, 6.45) is 0. The molecule has 1 N–H and O–H groups in total. The minimum absolute atomic E-state index is 0.139. The smallest absolute Gasteiger partial charge is 0.236 e. The van der Waals surface area contributed by atoms with E-state index in [2.05, 4.69) is 15.5 Å². The van der Waals surface area contributed by atoms with E-state index in [4.69, 9.17) is 0 Å². The summed E-state index contributed by atoms with van der Waals surface area (Å²) < 4.78 is 13.2. The van der Waals surface area contributed by atoms with Gasteiger partial charge in [0.25, 0.3) is 0 Å². The van der Waals surface area contributed by atoms with Gasteiger partial charge in [-0.05, 0) is 12.1 Å². The number of rotatable bonds is 4. The van der Waals surface area contributed by atoms with Crippen LogP contribution in [0.2, 0.25) is 0 Å². The van der Waals surface area contributed by atoms with Gasteiger partial charge in [-0.15, -0.1) is 22.0 Å². The Morgan fingerprint density at radius 1 is 1.47 bits per heavy atom. The van der Waals surface area contributed by atoms with Crippen LogP contribution in [-0.2, 0) is 4.79 Å². The average molecular weight is 269 g/mol. The molecule has 0 unspecified atom stereocenters. The molecule has 1 aromatic carbocycles. The molecule has 4 nitrogen and oxygen atoms in total. The van der Waals surface area contributed by atoms with E-state index in [0.717, 1.165) is 11.8 Å². The lowest BCUT2D eigenvalue weighted by Gasteiger charge is -2.02. The largest absolute Gasteiger partial charge is 0.300 e. The van der Waals surface area contributed by atoms with Gasteiger partial charge in [-0.2, -0.15) is 0 Å². The summed E-state index contributed by atoms with van der Waals surface area (Å²) in [5, 5.41) is 10.3. The van der Waals surface area contributed by atoms with Crippen LogP contribution >= 0.6 is 23.1 Å². The molecule has 0 saturated heterocycles. The second-order valence-electron chi connectivity index (χ2n) is 3.01. The van der Waals surface area contributed by atoms with Crippen molar-refractivity contribution in [2.75, 3.05) is 11.1 Å². The lowest BCUT2D eigenvalue weighted by molar-refractivity contribution is -0.113. The zero-order valence-electron chi connectivity index (χ0n) is 8.59. The molecule has 0 spiro atoms. The number of hydrogen-bond acceptors (Lipinski definition) is 5. The molecule has 0 bridgehead atoms. The topological polar surface area (TPSA) is 54.9 Å². The quantitative estimate of drug-likeness (QED) is 0.866. The van der Waals surface area contributed by atoms with Crippen LogP contribution in [-0.4, -0.2) is 21.9 Å². The highest BCUT2D eigenvalue weighted by atomic mass is 32.2. The fourth-order valence-corrected chi connectivity index (χ4v) is 2.29. The summed E-state index contributed by atoms with van der Waals surface area (Å²) in [6, 6.07) is 6.35. The minimum atomic E-state index is -0.318. The van der Waals surface area contributed by atoms with Gasteiger partial charge in [-0.3, -0.25) is 10.1 Å². The Labute approximate surface area is 105 Å². The Kier molecular flexibility index (Phi) is 4.05. The van der Waals surface area contributed by atoms with E-state index in [1.807, 2.05) is 0 Å².